The van der Waals surface area contributed by atoms with Crippen LogP contribution in [0.2, 0.25) is 0 Å². The molecule has 4 rings (SSSR count). The molecule has 0 saturated carbocycles. The molecular weight excluding hydrogens is 384 g/mol. The summed E-state index contributed by atoms with van der Waals surface area (Å²) < 4.78 is 0. The zero-order valence-electron chi connectivity index (χ0n) is 17.7. The molecule has 6 heteroatoms. The molecule has 6 nitrogen and oxygen atoms in total. The molecule has 6 N–H and O–H groups in total. The van der Waals surface area contributed by atoms with Crippen molar-refractivity contribution in [2.75, 3.05) is 6.61 Å². The van der Waals surface area contributed by atoms with Crippen molar-refractivity contribution in [2.45, 2.75) is 57.7 Å². The highest BCUT2D eigenvalue weighted by molar-refractivity contribution is 5.64. The van der Waals surface area contributed by atoms with Gasteiger partial charge in [-0.05, 0) is 72.3 Å². The van der Waals surface area contributed by atoms with Crippen LogP contribution in [-0.4, -0.2) is 67.3 Å². The van der Waals surface area contributed by atoms with E-state index in [0.29, 0.717) is 0 Å². The van der Waals surface area contributed by atoms with E-state index in [1.807, 2.05) is 52.0 Å². The second kappa shape index (κ2) is 7.12. The second-order valence-electron chi connectivity index (χ2n) is 8.92. The van der Waals surface area contributed by atoms with Gasteiger partial charge in [-0.3, -0.25) is 0 Å². The van der Waals surface area contributed by atoms with Gasteiger partial charge in [-0.15, -0.1) is 0 Å². The molecule has 0 saturated heterocycles. The minimum Gasteiger partial charge on any atom is -0.394 e. The molecule has 0 fully saturated rings. The van der Waals surface area contributed by atoms with Gasteiger partial charge in [-0.25, -0.2) is 0 Å². The van der Waals surface area contributed by atoms with Crippen LogP contribution in [0.25, 0.3) is 0 Å². The van der Waals surface area contributed by atoms with E-state index in [2.05, 4.69) is 0 Å². The van der Waals surface area contributed by atoms with Crippen molar-refractivity contribution in [1.82, 2.24) is 0 Å². The van der Waals surface area contributed by atoms with Gasteiger partial charge in [0.15, 0.2) is 0 Å². The Bertz CT molecular complexity index is 922. The van der Waals surface area contributed by atoms with Crippen LogP contribution in [0, 0.1) is 11.8 Å². The Kier molecular flexibility index (Phi) is 5.09. The van der Waals surface area contributed by atoms with Crippen LogP contribution in [-0.2, 0) is 0 Å². The maximum absolute atomic E-state index is 11.8. The molecule has 0 aromatic rings. The number of rotatable bonds is 7. The Balaban J connectivity index is 1.77. The average molecular weight is 414 g/mol. The Morgan fingerprint density at radius 2 is 1.13 bits per heavy atom. The summed E-state index contributed by atoms with van der Waals surface area (Å²) in [5.41, 5.74) is 4.85. The molecule has 1 unspecified atom stereocenters. The van der Waals surface area contributed by atoms with Gasteiger partial charge in [0, 0.05) is 11.8 Å². The number of fused-ring (bicyclic) bond motifs is 4. The van der Waals surface area contributed by atoms with Crippen LogP contribution in [0.1, 0.15) is 27.7 Å². The van der Waals surface area contributed by atoms with Gasteiger partial charge < -0.3 is 30.6 Å². The normalized spacial score (nSPS) is 27.1. The summed E-state index contributed by atoms with van der Waals surface area (Å²) in [6, 6.07) is 0. The van der Waals surface area contributed by atoms with E-state index in [1.165, 1.54) is 0 Å². The largest absolute Gasteiger partial charge is 0.394 e. The molecule has 4 aliphatic rings. The average Bonchev–Trinajstić information content (AvgIpc) is 3.47. The minimum atomic E-state index is -2.31. The molecule has 0 radical (unpaired) electrons. The molecule has 30 heavy (non-hydrogen) atoms. The third-order valence-corrected chi connectivity index (χ3v) is 7.66. The van der Waals surface area contributed by atoms with Gasteiger partial charge in [0.25, 0.3) is 0 Å². The highest BCUT2D eigenvalue weighted by Gasteiger charge is 2.59. The zero-order chi connectivity index (χ0) is 22.1. The van der Waals surface area contributed by atoms with E-state index in [0.717, 1.165) is 44.6 Å². The molecule has 0 spiro atoms. The third kappa shape index (κ3) is 2.59. The van der Waals surface area contributed by atoms with Gasteiger partial charge in [0.1, 0.15) is 23.9 Å². The minimum absolute atomic E-state index is 0.512. The summed E-state index contributed by atoms with van der Waals surface area (Å²) in [5.74, 6) is -1.32. The Morgan fingerprint density at radius 3 is 1.57 bits per heavy atom. The predicted molar refractivity (Wildman–Crippen MR) is 112 cm³/mol. The Labute approximate surface area is 176 Å². The number of allylic oxidation sites excluding steroid dienone is 8. The molecule has 4 aliphatic carbocycles. The monoisotopic (exact) mass is 414 g/mol. The summed E-state index contributed by atoms with van der Waals surface area (Å²) in [7, 11) is 0. The maximum Gasteiger partial charge on any atom is 0.132 e. The fourth-order valence-electron chi connectivity index (χ4n) is 5.61. The van der Waals surface area contributed by atoms with Crippen molar-refractivity contribution in [3.05, 3.63) is 68.9 Å². The molecule has 0 amide bonds. The van der Waals surface area contributed by atoms with Crippen molar-refractivity contribution in [1.29, 1.82) is 0 Å². The number of hydrogen-bond acceptors (Lipinski definition) is 6. The highest BCUT2D eigenvalue weighted by Crippen LogP contribution is 2.53. The molecule has 5 atom stereocenters. The molecule has 4 bridgehead atoms. The van der Waals surface area contributed by atoms with Crippen LogP contribution >= 0.6 is 0 Å². The van der Waals surface area contributed by atoms with Crippen LogP contribution in [0.5, 0.6) is 0 Å². The molecule has 162 valence electrons. The molecule has 0 aromatic heterocycles. The number of aliphatic hydroxyl groups is 6. The van der Waals surface area contributed by atoms with Crippen molar-refractivity contribution < 1.29 is 30.6 Å². The summed E-state index contributed by atoms with van der Waals surface area (Å²) in [5, 5.41) is 64.9. The molecule has 0 heterocycles. The van der Waals surface area contributed by atoms with Gasteiger partial charge in [-0.1, -0.05) is 24.3 Å². The van der Waals surface area contributed by atoms with Gasteiger partial charge in [0.2, 0.25) is 0 Å². The number of hydrogen-bond donors (Lipinski definition) is 6. The van der Waals surface area contributed by atoms with Crippen LogP contribution in [0.4, 0.5) is 0 Å². The van der Waals surface area contributed by atoms with Crippen LogP contribution in [0.15, 0.2) is 68.9 Å². The van der Waals surface area contributed by atoms with Gasteiger partial charge in [0.05, 0.1) is 12.7 Å². The first-order chi connectivity index (χ1) is 14.1. The highest BCUT2D eigenvalue weighted by atomic mass is 16.4. The van der Waals surface area contributed by atoms with Crippen LogP contribution in [0.3, 0.4) is 0 Å². The van der Waals surface area contributed by atoms with Crippen molar-refractivity contribution in [2.24, 2.45) is 11.8 Å². The first-order valence-corrected chi connectivity index (χ1v) is 10.3. The fourth-order valence-corrected chi connectivity index (χ4v) is 5.61. The summed E-state index contributed by atoms with van der Waals surface area (Å²) in [6.07, 6.45) is 0.694. The molecule has 0 aliphatic heterocycles. The zero-order valence-corrected chi connectivity index (χ0v) is 17.7. The molecular formula is C24H30O6. The summed E-state index contributed by atoms with van der Waals surface area (Å²) in [4.78, 5) is 0. The topological polar surface area (TPSA) is 121 Å². The molecule has 0 aromatic carbocycles. The third-order valence-electron chi connectivity index (χ3n) is 7.66. The lowest BCUT2D eigenvalue weighted by molar-refractivity contribution is -0.219. The van der Waals surface area contributed by atoms with Crippen molar-refractivity contribution in [3.63, 3.8) is 0 Å². The van der Waals surface area contributed by atoms with E-state index < -0.39 is 48.5 Å². The van der Waals surface area contributed by atoms with E-state index in [-0.39, 0.29) is 0 Å². The first kappa shape index (κ1) is 21.4. The number of aliphatic hydroxyl groups excluding tert-OH is 5. The van der Waals surface area contributed by atoms with E-state index in [1.54, 1.807) is 0 Å². The fraction of sp³-hybridized carbons (Fsp3) is 0.500. The first-order valence-electron chi connectivity index (χ1n) is 10.3. The van der Waals surface area contributed by atoms with E-state index in [9.17, 15) is 30.6 Å². The standard InChI is InChI=1S/C24H30O6/c1-10-11(2)15-6-5-14(10)19(15)21(27)23(29)24(30,22(28)18(26)9-25)20-16-7-8-17(20)13(4)12(16)3/h5-8,18-23,25-30H,9H2,1-4H3/t18-,21?,22+,23+,24-/m0/s1. The van der Waals surface area contributed by atoms with Crippen molar-refractivity contribution in [3.8, 4) is 0 Å². The van der Waals surface area contributed by atoms with Gasteiger partial charge >= 0.3 is 0 Å². The predicted octanol–water partition coefficient (Wildman–Crippen LogP) is 0.819. The van der Waals surface area contributed by atoms with E-state index >= 15 is 0 Å². The van der Waals surface area contributed by atoms with Crippen LogP contribution < -0.4 is 0 Å². The van der Waals surface area contributed by atoms with E-state index in [4.69, 9.17) is 0 Å². The Hall–Kier alpha value is -1.80. The lowest BCUT2D eigenvalue weighted by Gasteiger charge is -2.45. The quantitative estimate of drug-likeness (QED) is 0.367. The summed E-state index contributed by atoms with van der Waals surface area (Å²) >= 11 is 0. The maximum atomic E-state index is 11.8. The van der Waals surface area contributed by atoms with Crippen molar-refractivity contribution >= 4 is 0 Å². The smallest absolute Gasteiger partial charge is 0.132 e. The Morgan fingerprint density at radius 1 is 0.733 bits per heavy atom. The summed E-state index contributed by atoms with van der Waals surface area (Å²) in [6.45, 7) is 6.91. The lowest BCUT2D eigenvalue weighted by Crippen LogP contribution is -2.65. The van der Waals surface area contributed by atoms with Gasteiger partial charge in [-0.2, -0.15) is 0 Å². The second-order valence-corrected chi connectivity index (χ2v) is 8.92. The lowest BCUT2D eigenvalue weighted by atomic mass is 9.69. The SMILES string of the molecule is CC1=C2C=CC(=C1C)C2C(O)[C@@H](O)[C@](O)(C1C2=C(C)C(C)=C1C=C2)[C@H](O)[C@@H](O)CO.